The van der Waals surface area contributed by atoms with E-state index in [1.54, 1.807) is 18.1 Å². The van der Waals surface area contributed by atoms with Crippen molar-refractivity contribution in [1.82, 2.24) is 9.88 Å². The molecule has 0 bridgehead atoms. The van der Waals surface area contributed by atoms with E-state index >= 15 is 0 Å². The van der Waals surface area contributed by atoms with Gasteiger partial charge in [-0.25, -0.2) is 4.79 Å². The third-order valence-electron chi connectivity index (χ3n) is 4.33. The molecule has 0 aliphatic carbocycles. The smallest absolute Gasteiger partial charge is 0.321 e. The van der Waals surface area contributed by atoms with Gasteiger partial charge in [-0.1, -0.05) is 36.4 Å². The number of pyridine rings is 1. The summed E-state index contributed by atoms with van der Waals surface area (Å²) in [6.07, 6.45) is 2.09. The number of urea groups is 1. The summed E-state index contributed by atoms with van der Waals surface area (Å²) in [6, 6.07) is 22.5. The highest BCUT2D eigenvalue weighted by molar-refractivity contribution is 5.89. The Labute approximate surface area is 170 Å². The SMILES string of the molecule is CN(Cc1ccccn1)C(=O)Nc1ccccc1COc1ccc(CC#N)cc1. The summed E-state index contributed by atoms with van der Waals surface area (Å²) in [5.41, 5.74) is 3.34. The fraction of sp³-hybridized carbons (Fsp3) is 0.174. The zero-order chi connectivity index (χ0) is 20.5. The highest BCUT2D eigenvalue weighted by Crippen LogP contribution is 2.20. The number of anilines is 1. The number of nitriles is 1. The summed E-state index contributed by atoms with van der Waals surface area (Å²) >= 11 is 0. The second kappa shape index (κ2) is 9.90. The van der Waals surface area contributed by atoms with Crippen molar-refractivity contribution in [2.45, 2.75) is 19.6 Å². The molecular formula is C23H22N4O2. The number of hydrogen-bond acceptors (Lipinski definition) is 4. The molecule has 2 amide bonds. The molecule has 146 valence electrons. The molecule has 0 aliphatic rings. The Kier molecular flexibility index (Phi) is 6.80. The van der Waals surface area contributed by atoms with Crippen molar-refractivity contribution in [2.75, 3.05) is 12.4 Å². The van der Waals surface area contributed by atoms with E-state index in [0.29, 0.717) is 31.0 Å². The van der Waals surface area contributed by atoms with Gasteiger partial charge in [0.1, 0.15) is 12.4 Å². The average molecular weight is 386 g/mol. The predicted octanol–water partition coefficient (Wildman–Crippen LogP) is 4.39. The minimum atomic E-state index is -0.219. The molecule has 29 heavy (non-hydrogen) atoms. The lowest BCUT2D eigenvalue weighted by atomic mass is 10.1. The molecule has 2 aromatic carbocycles. The third kappa shape index (κ3) is 5.81. The lowest BCUT2D eigenvalue weighted by molar-refractivity contribution is 0.220. The van der Waals surface area contributed by atoms with Crippen LogP contribution in [0.1, 0.15) is 16.8 Å². The fourth-order valence-electron chi connectivity index (χ4n) is 2.74. The Morgan fingerprint density at radius 3 is 2.59 bits per heavy atom. The maximum absolute atomic E-state index is 12.6. The lowest BCUT2D eigenvalue weighted by Crippen LogP contribution is -2.31. The summed E-state index contributed by atoms with van der Waals surface area (Å²) in [7, 11) is 1.73. The van der Waals surface area contributed by atoms with Crippen LogP contribution < -0.4 is 10.1 Å². The van der Waals surface area contributed by atoms with Crippen molar-refractivity contribution in [3.8, 4) is 11.8 Å². The zero-order valence-corrected chi connectivity index (χ0v) is 16.2. The lowest BCUT2D eigenvalue weighted by Gasteiger charge is -2.19. The van der Waals surface area contributed by atoms with Crippen molar-refractivity contribution < 1.29 is 9.53 Å². The van der Waals surface area contributed by atoms with Crippen LogP contribution in [0.3, 0.4) is 0 Å². The van der Waals surface area contributed by atoms with Gasteiger partial charge in [-0.15, -0.1) is 0 Å². The van der Waals surface area contributed by atoms with Gasteiger partial charge in [0.05, 0.1) is 24.7 Å². The molecule has 3 rings (SSSR count). The topological polar surface area (TPSA) is 78.2 Å². The first-order chi connectivity index (χ1) is 14.2. The van der Waals surface area contributed by atoms with Crippen molar-refractivity contribution in [2.24, 2.45) is 0 Å². The molecular weight excluding hydrogens is 364 g/mol. The fourth-order valence-corrected chi connectivity index (χ4v) is 2.74. The van der Waals surface area contributed by atoms with Gasteiger partial charge in [-0.05, 0) is 35.9 Å². The number of benzene rings is 2. The number of para-hydroxylation sites is 1. The van der Waals surface area contributed by atoms with Gasteiger partial charge >= 0.3 is 6.03 Å². The monoisotopic (exact) mass is 386 g/mol. The highest BCUT2D eigenvalue weighted by atomic mass is 16.5. The first-order valence-corrected chi connectivity index (χ1v) is 9.24. The predicted molar refractivity (Wildman–Crippen MR) is 111 cm³/mol. The molecule has 0 radical (unpaired) electrons. The largest absolute Gasteiger partial charge is 0.489 e. The minimum Gasteiger partial charge on any atom is -0.489 e. The Morgan fingerprint density at radius 1 is 1.10 bits per heavy atom. The van der Waals surface area contributed by atoms with E-state index in [2.05, 4.69) is 16.4 Å². The zero-order valence-electron chi connectivity index (χ0n) is 16.2. The summed E-state index contributed by atoms with van der Waals surface area (Å²) in [5.74, 6) is 0.708. The van der Waals surface area contributed by atoms with Crippen LogP contribution in [0.4, 0.5) is 10.5 Å². The van der Waals surface area contributed by atoms with Gasteiger partial charge in [0.25, 0.3) is 0 Å². The second-order valence-corrected chi connectivity index (χ2v) is 6.53. The molecule has 0 aliphatic heterocycles. The highest BCUT2D eigenvalue weighted by Gasteiger charge is 2.12. The van der Waals surface area contributed by atoms with Gasteiger partial charge in [-0.3, -0.25) is 4.98 Å². The molecule has 0 spiro atoms. The Balaban J connectivity index is 1.61. The molecule has 0 unspecified atom stereocenters. The van der Waals surface area contributed by atoms with Crippen LogP contribution in [-0.2, 0) is 19.6 Å². The van der Waals surface area contributed by atoms with E-state index in [1.807, 2.05) is 66.7 Å². The summed E-state index contributed by atoms with van der Waals surface area (Å²) in [6.45, 7) is 0.735. The van der Waals surface area contributed by atoms with Crippen molar-refractivity contribution in [1.29, 1.82) is 5.26 Å². The average Bonchev–Trinajstić information content (AvgIpc) is 2.75. The molecule has 6 heteroatoms. The quantitative estimate of drug-likeness (QED) is 0.653. The minimum absolute atomic E-state index is 0.219. The van der Waals surface area contributed by atoms with Crippen LogP contribution in [0.25, 0.3) is 0 Å². The van der Waals surface area contributed by atoms with E-state index in [-0.39, 0.29) is 6.03 Å². The number of nitrogens with one attached hydrogen (secondary N) is 1. The number of carbonyl (C=O) groups excluding carboxylic acids is 1. The maximum Gasteiger partial charge on any atom is 0.321 e. The Morgan fingerprint density at radius 2 is 1.86 bits per heavy atom. The summed E-state index contributed by atoms with van der Waals surface area (Å²) in [5, 5.41) is 11.7. The maximum atomic E-state index is 12.6. The number of aromatic nitrogens is 1. The Hall–Kier alpha value is -3.85. The molecule has 0 atom stereocenters. The second-order valence-electron chi connectivity index (χ2n) is 6.53. The van der Waals surface area contributed by atoms with Gasteiger partial charge in [0.15, 0.2) is 0 Å². The van der Waals surface area contributed by atoms with Crippen LogP contribution in [0.5, 0.6) is 5.75 Å². The Bertz CT molecular complexity index is 982. The van der Waals surface area contributed by atoms with E-state index in [1.165, 1.54) is 0 Å². The molecule has 6 nitrogen and oxygen atoms in total. The molecule has 1 aromatic heterocycles. The number of rotatable bonds is 7. The number of ether oxygens (including phenoxy) is 1. The van der Waals surface area contributed by atoms with E-state index < -0.39 is 0 Å². The first-order valence-electron chi connectivity index (χ1n) is 9.24. The van der Waals surface area contributed by atoms with E-state index in [9.17, 15) is 4.79 Å². The van der Waals surface area contributed by atoms with Crippen LogP contribution in [0, 0.1) is 11.3 Å². The van der Waals surface area contributed by atoms with Crippen LogP contribution in [0.2, 0.25) is 0 Å². The first kappa shape index (κ1) is 19.9. The van der Waals surface area contributed by atoms with E-state index in [4.69, 9.17) is 10.00 Å². The van der Waals surface area contributed by atoms with Crippen LogP contribution in [-0.4, -0.2) is 23.0 Å². The van der Waals surface area contributed by atoms with Crippen molar-refractivity contribution in [3.05, 3.63) is 89.7 Å². The van der Waals surface area contributed by atoms with Gasteiger partial charge in [0, 0.05) is 24.5 Å². The summed E-state index contributed by atoms with van der Waals surface area (Å²) < 4.78 is 5.85. The number of amides is 2. The normalized spacial score (nSPS) is 10.1. The molecule has 1 heterocycles. The van der Waals surface area contributed by atoms with E-state index in [0.717, 1.165) is 16.8 Å². The molecule has 0 saturated carbocycles. The third-order valence-corrected chi connectivity index (χ3v) is 4.33. The van der Waals surface area contributed by atoms with Gasteiger partial charge < -0.3 is 15.0 Å². The molecule has 0 saturated heterocycles. The van der Waals surface area contributed by atoms with Crippen molar-refractivity contribution in [3.63, 3.8) is 0 Å². The number of nitrogens with zero attached hydrogens (tertiary/aromatic N) is 3. The van der Waals surface area contributed by atoms with Crippen molar-refractivity contribution >= 4 is 11.7 Å². The molecule has 0 fully saturated rings. The van der Waals surface area contributed by atoms with Crippen LogP contribution in [0.15, 0.2) is 72.9 Å². The molecule has 3 aromatic rings. The summed E-state index contributed by atoms with van der Waals surface area (Å²) in [4.78, 5) is 18.4. The number of hydrogen-bond donors (Lipinski definition) is 1. The van der Waals surface area contributed by atoms with Gasteiger partial charge in [0.2, 0.25) is 0 Å². The van der Waals surface area contributed by atoms with Gasteiger partial charge in [-0.2, -0.15) is 5.26 Å². The van der Waals surface area contributed by atoms with Crippen LogP contribution >= 0.6 is 0 Å². The molecule has 1 N–H and O–H groups in total. The number of carbonyl (C=O) groups is 1. The standard InChI is InChI=1S/C23H22N4O2/c1-27(16-20-7-4-5-15-25-20)23(28)26-22-8-3-2-6-19(22)17-29-21-11-9-18(10-12-21)13-14-24/h2-12,15H,13,16-17H2,1H3,(H,26,28).